The van der Waals surface area contributed by atoms with Gasteiger partial charge in [-0.3, -0.25) is 4.98 Å². The number of nitrogens with zero attached hydrogens (tertiary/aromatic N) is 2. The van der Waals surface area contributed by atoms with Gasteiger partial charge in [-0.1, -0.05) is 25.5 Å². The van der Waals surface area contributed by atoms with Gasteiger partial charge < -0.3 is 4.74 Å². The minimum atomic E-state index is -3.79. The largest absolute Gasteiger partial charge is 0.461 e. The molecular formula is C14H14F2N2O2. The number of carbonyl (C=O) groups is 1. The lowest BCUT2D eigenvalue weighted by Crippen LogP contribution is -2.29. The van der Waals surface area contributed by atoms with Gasteiger partial charge >= 0.3 is 11.9 Å². The lowest BCUT2D eigenvalue weighted by Gasteiger charge is -2.14. The van der Waals surface area contributed by atoms with Gasteiger partial charge in [0, 0.05) is 0 Å². The van der Waals surface area contributed by atoms with Crippen LogP contribution in [0.5, 0.6) is 0 Å². The first-order valence-electron chi connectivity index (χ1n) is 6.33. The number of carbonyl (C=O) groups excluding carboxylic acids is 1. The second-order valence-corrected chi connectivity index (χ2v) is 4.31. The van der Waals surface area contributed by atoms with Crippen molar-refractivity contribution in [1.29, 1.82) is 0 Å². The summed E-state index contributed by atoms with van der Waals surface area (Å²) in [6.45, 7) is 1.85. The first-order chi connectivity index (χ1) is 9.55. The van der Waals surface area contributed by atoms with Crippen LogP contribution in [0.4, 0.5) is 8.78 Å². The van der Waals surface area contributed by atoms with E-state index in [2.05, 4.69) is 14.7 Å². The number of benzene rings is 1. The Labute approximate surface area is 114 Å². The number of rotatable bonds is 5. The van der Waals surface area contributed by atoms with E-state index in [-0.39, 0.29) is 6.61 Å². The van der Waals surface area contributed by atoms with Crippen molar-refractivity contribution in [3.05, 3.63) is 36.2 Å². The maximum absolute atomic E-state index is 13.9. The number of unbranched alkanes of at least 4 members (excludes halogenated alkanes) is 1. The van der Waals surface area contributed by atoms with Gasteiger partial charge in [-0.25, -0.2) is 9.78 Å². The lowest BCUT2D eigenvalue weighted by molar-refractivity contribution is -0.174. The van der Waals surface area contributed by atoms with Crippen LogP contribution in [0.25, 0.3) is 11.0 Å². The summed E-state index contributed by atoms with van der Waals surface area (Å²) in [5.41, 5.74) is 0.107. The predicted molar refractivity (Wildman–Crippen MR) is 69.3 cm³/mol. The maximum Gasteiger partial charge on any atom is 0.385 e. The van der Waals surface area contributed by atoms with Crippen LogP contribution in [0.15, 0.2) is 30.5 Å². The fraction of sp³-hybridized carbons (Fsp3) is 0.357. The summed E-state index contributed by atoms with van der Waals surface area (Å²) < 4.78 is 32.4. The van der Waals surface area contributed by atoms with Crippen molar-refractivity contribution in [2.45, 2.75) is 25.7 Å². The molecule has 0 aliphatic heterocycles. The number of hydrogen-bond donors (Lipinski definition) is 0. The normalized spacial score (nSPS) is 11.6. The van der Waals surface area contributed by atoms with E-state index >= 15 is 0 Å². The van der Waals surface area contributed by atoms with E-state index in [1.54, 1.807) is 24.3 Å². The van der Waals surface area contributed by atoms with E-state index in [9.17, 15) is 13.6 Å². The Kier molecular flexibility index (Phi) is 4.22. The molecule has 106 valence electrons. The molecule has 0 aliphatic carbocycles. The van der Waals surface area contributed by atoms with Crippen molar-refractivity contribution in [2.75, 3.05) is 6.61 Å². The first-order valence-corrected chi connectivity index (χ1v) is 6.33. The Balaban J connectivity index is 2.24. The highest BCUT2D eigenvalue weighted by Crippen LogP contribution is 2.28. The molecule has 1 aromatic heterocycles. The van der Waals surface area contributed by atoms with Crippen molar-refractivity contribution in [3.63, 3.8) is 0 Å². The van der Waals surface area contributed by atoms with Crippen LogP contribution in [0.2, 0.25) is 0 Å². The van der Waals surface area contributed by atoms with E-state index in [1.807, 2.05) is 6.92 Å². The number of fused-ring (bicyclic) bond motifs is 1. The van der Waals surface area contributed by atoms with Crippen molar-refractivity contribution < 1.29 is 18.3 Å². The lowest BCUT2D eigenvalue weighted by atomic mass is 10.2. The molecule has 0 atom stereocenters. The molecule has 0 spiro atoms. The Hall–Kier alpha value is -2.11. The smallest absolute Gasteiger partial charge is 0.385 e. The molecule has 0 N–H and O–H groups in total. The Morgan fingerprint density at radius 2 is 2.00 bits per heavy atom. The third kappa shape index (κ3) is 2.89. The van der Waals surface area contributed by atoms with Gasteiger partial charge in [-0.2, -0.15) is 8.78 Å². The van der Waals surface area contributed by atoms with Crippen LogP contribution in [0.3, 0.4) is 0 Å². The summed E-state index contributed by atoms with van der Waals surface area (Å²) in [7, 11) is 0. The third-order valence-corrected chi connectivity index (χ3v) is 2.76. The second-order valence-electron chi connectivity index (χ2n) is 4.31. The van der Waals surface area contributed by atoms with Crippen LogP contribution >= 0.6 is 0 Å². The summed E-state index contributed by atoms with van der Waals surface area (Å²) in [5, 5.41) is 0. The molecule has 0 amide bonds. The molecule has 1 aromatic carbocycles. The number of esters is 1. The zero-order valence-corrected chi connectivity index (χ0v) is 11.0. The molecular weight excluding hydrogens is 266 g/mol. The van der Waals surface area contributed by atoms with Gasteiger partial charge in [0.1, 0.15) is 5.69 Å². The van der Waals surface area contributed by atoms with E-state index in [0.717, 1.165) is 12.6 Å². The zero-order valence-electron chi connectivity index (χ0n) is 11.0. The topological polar surface area (TPSA) is 52.1 Å². The molecule has 0 unspecified atom stereocenters. The molecule has 1 heterocycles. The molecule has 6 heteroatoms. The molecule has 2 rings (SSSR count). The number of para-hydroxylation sites is 2. The Morgan fingerprint density at radius 3 is 2.70 bits per heavy atom. The fourth-order valence-electron chi connectivity index (χ4n) is 1.61. The van der Waals surface area contributed by atoms with Gasteiger partial charge in [0.2, 0.25) is 0 Å². The second kappa shape index (κ2) is 5.90. The number of ether oxygens (including phenoxy) is 1. The number of alkyl halides is 2. The van der Waals surface area contributed by atoms with Crippen molar-refractivity contribution in [1.82, 2.24) is 9.97 Å². The molecule has 0 bridgehead atoms. The number of aromatic nitrogens is 2. The first kappa shape index (κ1) is 14.3. The van der Waals surface area contributed by atoms with Crippen LogP contribution in [0.1, 0.15) is 25.5 Å². The third-order valence-electron chi connectivity index (χ3n) is 2.76. The summed E-state index contributed by atoms with van der Waals surface area (Å²) in [4.78, 5) is 19.1. The highest BCUT2D eigenvalue weighted by atomic mass is 19.3. The predicted octanol–water partition coefficient (Wildman–Crippen LogP) is 3.06. The molecule has 0 fully saturated rings. The number of halogens is 2. The maximum atomic E-state index is 13.9. The summed E-state index contributed by atoms with van der Waals surface area (Å²) in [6.07, 6.45) is 2.21. The monoisotopic (exact) mass is 280 g/mol. The van der Waals surface area contributed by atoms with Crippen molar-refractivity contribution in [3.8, 4) is 0 Å². The molecule has 0 saturated carbocycles. The molecule has 0 saturated heterocycles. The summed E-state index contributed by atoms with van der Waals surface area (Å²) in [5.74, 6) is -5.37. The van der Waals surface area contributed by atoms with Gasteiger partial charge in [-0.15, -0.1) is 0 Å². The van der Waals surface area contributed by atoms with Gasteiger partial charge in [-0.05, 0) is 18.6 Å². The summed E-state index contributed by atoms with van der Waals surface area (Å²) >= 11 is 0. The summed E-state index contributed by atoms with van der Waals surface area (Å²) in [6, 6.07) is 6.61. The van der Waals surface area contributed by atoms with Crippen LogP contribution in [-0.4, -0.2) is 22.5 Å². The van der Waals surface area contributed by atoms with Crippen LogP contribution in [-0.2, 0) is 15.5 Å². The Morgan fingerprint density at radius 1 is 1.30 bits per heavy atom. The van der Waals surface area contributed by atoms with E-state index in [1.165, 1.54) is 0 Å². The molecule has 0 radical (unpaired) electrons. The van der Waals surface area contributed by atoms with Crippen LogP contribution < -0.4 is 0 Å². The zero-order chi connectivity index (χ0) is 14.6. The van der Waals surface area contributed by atoms with Gasteiger partial charge in [0.15, 0.2) is 0 Å². The van der Waals surface area contributed by atoms with Crippen molar-refractivity contribution in [2.24, 2.45) is 0 Å². The highest BCUT2D eigenvalue weighted by Gasteiger charge is 2.44. The van der Waals surface area contributed by atoms with Crippen LogP contribution in [0, 0.1) is 0 Å². The quantitative estimate of drug-likeness (QED) is 0.624. The van der Waals surface area contributed by atoms with Gasteiger partial charge in [0.25, 0.3) is 0 Å². The average molecular weight is 280 g/mol. The van der Waals surface area contributed by atoms with E-state index in [4.69, 9.17) is 0 Å². The molecule has 20 heavy (non-hydrogen) atoms. The van der Waals surface area contributed by atoms with E-state index in [0.29, 0.717) is 17.5 Å². The van der Waals surface area contributed by atoms with E-state index < -0.39 is 17.6 Å². The number of hydrogen-bond acceptors (Lipinski definition) is 4. The molecule has 2 aromatic rings. The molecule has 0 aliphatic rings. The Bertz CT molecular complexity index is 617. The minimum Gasteiger partial charge on any atom is -0.461 e. The van der Waals surface area contributed by atoms with Crippen molar-refractivity contribution >= 4 is 17.0 Å². The van der Waals surface area contributed by atoms with Gasteiger partial charge in [0.05, 0.1) is 23.8 Å². The minimum absolute atomic E-state index is 0.0219. The standard InChI is InChI=1S/C14H14F2N2O2/c1-2-3-8-20-13(19)14(15,16)12-9-17-10-6-4-5-7-11(10)18-12/h4-7,9H,2-3,8H2,1H3. The molecule has 4 nitrogen and oxygen atoms in total. The average Bonchev–Trinajstić information content (AvgIpc) is 2.46. The fourth-order valence-corrected chi connectivity index (χ4v) is 1.61. The highest BCUT2D eigenvalue weighted by molar-refractivity contribution is 5.80. The SMILES string of the molecule is CCCCOC(=O)C(F)(F)c1cnc2ccccc2n1.